The topological polar surface area (TPSA) is 85.6 Å². The lowest BCUT2D eigenvalue weighted by molar-refractivity contribution is -0.145. The minimum atomic E-state index is -2.19. The monoisotopic (exact) mass is 718 g/mol. The highest BCUT2D eigenvalue weighted by Crippen LogP contribution is 2.50. The van der Waals surface area contributed by atoms with Crippen molar-refractivity contribution in [1.82, 2.24) is 0 Å². The Bertz CT molecular complexity index is 1690. The molecule has 8 nitrogen and oxygen atoms in total. The standard InChI is InChI=1S/C42H47BO8Si/c1-7-47-37(44)30-36(51-52(4,5)6)38-35(28-29-48-38)43-49-39(41(45-2,31-20-12-8-13-21-31)32-22-14-9-15-23-32)40(50-43)42(46-3,33-24-16-10-17-25-33)34-26-18-11-19-27-34/h8-29,36,39-40H,7,30H2,1-6H3/t36-,39-,40-/m1/s1. The van der Waals surface area contributed by atoms with Gasteiger partial charge in [-0.1, -0.05) is 121 Å². The third kappa shape index (κ3) is 7.32. The minimum absolute atomic E-state index is 0.0235. The number of furan rings is 1. The zero-order valence-corrected chi connectivity index (χ0v) is 31.7. The second-order valence-electron chi connectivity index (χ2n) is 13.8. The van der Waals surface area contributed by atoms with Crippen LogP contribution in [0.5, 0.6) is 0 Å². The maximum atomic E-state index is 12.9. The number of ether oxygens (including phenoxy) is 3. The summed E-state index contributed by atoms with van der Waals surface area (Å²) in [6, 6.07) is 42.1. The van der Waals surface area contributed by atoms with Crippen LogP contribution in [0, 0.1) is 0 Å². The molecule has 0 unspecified atom stereocenters. The van der Waals surface area contributed by atoms with Crippen LogP contribution in [-0.4, -0.2) is 54.4 Å². The largest absolute Gasteiger partial charge is 0.498 e. The van der Waals surface area contributed by atoms with Crippen molar-refractivity contribution in [1.29, 1.82) is 0 Å². The second kappa shape index (κ2) is 16.2. The summed E-state index contributed by atoms with van der Waals surface area (Å²) >= 11 is 0. The van der Waals surface area contributed by atoms with Gasteiger partial charge in [0.25, 0.3) is 0 Å². The Kier molecular flexibility index (Phi) is 11.6. The Morgan fingerprint density at radius 3 is 1.44 bits per heavy atom. The van der Waals surface area contributed by atoms with Crippen molar-refractivity contribution in [2.75, 3.05) is 20.8 Å². The Morgan fingerprint density at radius 2 is 1.10 bits per heavy atom. The van der Waals surface area contributed by atoms with Crippen molar-refractivity contribution in [2.24, 2.45) is 0 Å². The normalized spacial score (nSPS) is 17.2. The molecule has 52 heavy (non-hydrogen) atoms. The van der Waals surface area contributed by atoms with Crippen LogP contribution in [0.1, 0.15) is 47.5 Å². The molecule has 1 aliphatic heterocycles. The summed E-state index contributed by atoms with van der Waals surface area (Å²) in [6.07, 6.45) is -0.772. The molecule has 1 aliphatic rings. The highest BCUT2D eigenvalue weighted by atomic mass is 28.4. The molecule has 6 rings (SSSR count). The number of hydrogen-bond acceptors (Lipinski definition) is 8. The highest BCUT2D eigenvalue weighted by Gasteiger charge is 2.62. The van der Waals surface area contributed by atoms with Crippen LogP contribution in [0.2, 0.25) is 19.6 Å². The van der Waals surface area contributed by atoms with Gasteiger partial charge in [-0.15, -0.1) is 0 Å². The van der Waals surface area contributed by atoms with E-state index in [0.717, 1.165) is 22.3 Å². The molecular formula is C42H47BO8Si. The molecule has 0 radical (unpaired) electrons. The fourth-order valence-electron chi connectivity index (χ4n) is 7.42. The van der Waals surface area contributed by atoms with Gasteiger partial charge in [0.15, 0.2) is 8.32 Å². The van der Waals surface area contributed by atoms with Gasteiger partial charge in [0.05, 0.1) is 19.3 Å². The summed E-state index contributed by atoms with van der Waals surface area (Å²) in [6.45, 7) is 8.26. The van der Waals surface area contributed by atoms with E-state index in [-0.39, 0.29) is 19.0 Å². The maximum absolute atomic E-state index is 12.9. The van der Waals surface area contributed by atoms with E-state index in [4.69, 9.17) is 32.4 Å². The number of carbonyl (C=O) groups excluding carboxylic acids is 1. The second-order valence-corrected chi connectivity index (χ2v) is 18.2. The molecule has 1 saturated heterocycles. The molecule has 0 N–H and O–H groups in total. The molecular weight excluding hydrogens is 671 g/mol. The lowest BCUT2D eigenvalue weighted by Gasteiger charge is -2.46. The van der Waals surface area contributed by atoms with Gasteiger partial charge < -0.3 is 32.4 Å². The lowest BCUT2D eigenvalue weighted by Crippen LogP contribution is -2.56. The SMILES string of the molecule is CCOC(=O)C[C@@H](O[Si](C)(C)C)c1occc1B1O[C@@H](C(OC)(c2ccccc2)c2ccccc2)[C@H](C(OC)(c2ccccc2)c2ccccc2)O1. The molecule has 0 aliphatic carbocycles. The molecule has 10 heteroatoms. The van der Waals surface area contributed by atoms with Crippen molar-refractivity contribution in [3.63, 3.8) is 0 Å². The number of carbonyl (C=O) groups is 1. The first-order valence-electron chi connectivity index (χ1n) is 17.7. The average Bonchev–Trinajstić information content (AvgIpc) is 3.83. The van der Waals surface area contributed by atoms with Gasteiger partial charge in [-0.2, -0.15) is 0 Å². The summed E-state index contributed by atoms with van der Waals surface area (Å²) in [5.41, 5.74) is 1.76. The number of benzene rings is 4. The zero-order valence-electron chi connectivity index (χ0n) is 30.7. The van der Waals surface area contributed by atoms with E-state index in [1.807, 2.05) is 127 Å². The molecule has 0 spiro atoms. The van der Waals surface area contributed by atoms with Crippen molar-refractivity contribution < 1.29 is 37.2 Å². The molecule has 0 saturated carbocycles. The smallest absolute Gasteiger partial charge is 0.467 e. The van der Waals surface area contributed by atoms with Crippen molar-refractivity contribution >= 4 is 26.9 Å². The van der Waals surface area contributed by atoms with Crippen molar-refractivity contribution in [2.45, 2.75) is 62.5 Å². The first-order valence-corrected chi connectivity index (χ1v) is 21.1. The Morgan fingerprint density at radius 1 is 0.692 bits per heavy atom. The Labute approximate surface area is 308 Å². The first kappa shape index (κ1) is 37.5. The summed E-state index contributed by atoms with van der Waals surface area (Å²) in [4.78, 5) is 12.9. The molecule has 5 aromatic rings. The van der Waals surface area contributed by atoms with Gasteiger partial charge in [-0.25, -0.2) is 0 Å². The summed E-state index contributed by atoms with van der Waals surface area (Å²) in [5.74, 6) is 0.0694. The van der Waals surface area contributed by atoms with Gasteiger partial charge in [-0.3, -0.25) is 4.79 Å². The summed E-state index contributed by atoms with van der Waals surface area (Å²) in [7, 11) is 0.241. The van der Waals surface area contributed by atoms with E-state index in [1.54, 1.807) is 27.4 Å². The third-order valence-corrected chi connectivity index (χ3v) is 10.5. The predicted molar refractivity (Wildman–Crippen MR) is 204 cm³/mol. The Balaban J connectivity index is 1.59. The van der Waals surface area contributed by atoms with Crippen molar-refractivity contribution in [3.05, 3.63) is 162 Å². The molecule has 270 valence electrons. The third-order valence-electron chi connectivity index (χ3n) is 9.50. The molecule has 0 amide bonds. The first-order chi connectivity index (χ1) is 25.2. The van der Waals surface area contributed by atoms with Gasteiger partial charge in [0.2, 0.25) is 0 Å². The van der Waals surface area contributed by atoms with Gasteiger partial charge in [0.1, 0.15) is 35.3 Å². The quantitative estimate of drug-likeness (QED) is 0.0802. The molecule has 4 aromatic carbocycles. The van der Waals surface area contributed by atoms with E-state index in [2.05, 4.69) is 19.6 Å². The lowest BCUT2D eigenvalue weighted by atomic mass is 9.71. The maximum Gasteiger partial charge on any atom is 0.498 e. The van der Waals surface area contributed by atoms with E-state index in [1.165, 1.54) is 0 Å². The van der Waals surface area contributed by atoms with Crippen LogP contribution in [0.25, 0.3) is 0 Å². The number of esters is 1. The molecule has 0 bridgehead atoms. The fourth-order valence-corrected chi connectivity index (χ4v) is 8.46. The van der Waals surface area contributed by atoms with Gasteiger partial charge >= 0.3 is 13.1 Å². The minimum Gasteiger partial charge on any atom is -0.467 e. The fraction of sp³-hybridized carbons (Fsp3) is 0.310. The van der Waals surface area contributed by atoms with Crippen LogP contribution in [0.15, 0.2) is 138 Å². The van der Waals surface area contributed by atoms with Crippen LogP contribution in [0.4, 0.5) is 0 Å². The number of methoxy groups -OCH3 is 2. The average molecular weight is 719 g/mol. The van der Waals surface area contributed by atoms with Crippen molar-refractivity contribution in [3.8, 4) is 0 Å². The molecule has 3 atom stereocenters. The van der Waals surface area contributed by atoms with E-state index in [0.29, 0.717) is 11.2 Å². The van der Waals surface area contributed by atoms with E-state index < -0.39 is 44.9 Å². The molecule has 1 fully saturated rings. The predicted octanol–water partition coefficient (Wildman–Crippen LogP) is 7.79. The van der Waals surface area contributed by atoms with Crippen LogP contribution in [0.3, 0.4) is 0 Å². The molecule has 2 heterocycles. The zero-order chi connectivity index (χ0) is 36.8. The number of hydrogen-bond donors (Lipinski definition) is 0. The van der Waals surface area contributed by atoms with Crippen LogP contribution < -0.4 is 5.46 Å². The summed E-state index contributed by atoms with van der Waals surface area (Å²) < 4.78 is 46.2. The molecule has 1 aromatic heterocycles. The van der Waals surface area contributed by atoms with E-state index in [9.17, 15) is 4.79 Å². The van der Waals surface area contributed by atoms with Gasteiger partial charge in [-0.05, 0) is 54.9 Å². The van der Waals surface area contributed by atoms with E-state index >= 15 is 0 Å². The van der Waals surface area contributed by atoms with Crippen LogP contribution in [-0.2, 0) is 43.9 Å². The Hall–Kier alpha value is -4.29. The van der Waals surface area contributed by atoms with Gasteiger partial charge in [0, 0.05) is 19.7 Å². The summed E-state index contributed by atoms with van der Waals surface area (Å²) in [5, 5.41) is 0. The highest BCUT2D eigenvalue weighted by molar-refractivity contribution is 6.69. The van der Waals surface area contributed by atoms with Crippen LogP contribution >= 0.6 is 0 Å². The number of rotatable bonds is 15.